The maximum Gasteiger partial charge on any atom is 0.339 e. The van der Waals surface area contributed by atoms with E-state index >= 15 is 0 Å². The van der Waals surface area contributed by atoms with Gasteiger partial charge in [-0.15, -0.1) is 0 Å². The molecule has 1 amide bonds. The predicted octanol–water partition coefficient (Wildman–Crippen LogP) is 3.14. The third-order valence-corrected chi connectivity index (χ3v) is 5.67. The Balaban J connectivity index is 1.73. The number of carbonyl (C=O) groups excluding carboxylic acids is 1. The average molecular weight is 485 g/mol. The van der Waals surface area contributed by atoms with Crippen molar-refractivity contribution in [1.82, 2.24) is 5.43 Å². The summed E-state index contributed by atoms with van der Waals surface area (Å²) in [7, 11) is -1.53. The molecule has 0 spiro atoms. The molecular weight excluding hydrogens is 466 g/mol. The number of nitrogens with zero attached hydrogens (tertiary/aromatic N) is 2. The number of ether oxygens (including phenoxy) is 2. The van der Waals surface area contributed by atoms with Gasteiger partial charge in [-0.05, 0) is 54.1 Å². The third kappa shape index (κ3) is 5.86. The van der Waals surface area contributed by atoms with Gasteiger partial charge in [0.05, 0.1) is 25.4 Å². The highest BCUT2D eigenvalue weighted by molar-refractivity contribution is 7.87. The first-order valence-electron chi connectivity index (χ1n) is 9.58. The number of benzene rings is 3. The fourth-order valence-electron chi connectivity index (χ4n) is 2.72. The quantitative estimate of drug-likeness (QED) is 0.210. The van der Waals surface area contributed by atoms with Crippen molar-refractivity contribution in [2.75, 3.05) is 14.2 Å². The van der Waals surface area contributed by atoms with Crippen LogP contribution < -0.4 is 19.1 Å². The van der Waals surface area contributed by atoms with Crippen LogP contribution in [0.25, 0.3) is 0 Å². The van der Waals surface area contributed by atoms with Crippen LogP contribution in [0.5, 0.6) is 17.2 Å². The summed E-state index contributed by atoms with van der Waals surface area (Å²) in [6.45, 7) is 0. The summed E-state index contributed by atoms with van der Waals surface area (Å²) in [5, 5.41) is 14.8. The number of hydrogen-bond donors (Lipinski definition) is 1. The number of nitro groups is 1. The molecule has 3 rings (SSSR count). The molecule has 11 nitrogen and oxygen atoms in total. The molecule has 0 unspecified atom stereocenters. The van der Waals surface area contributed by atoms with E-state index in [-0.39, 0.29) is 22.1 Å². The molecular formula is C22H19N3O8S. The summed E-state index contributed by atoms with van der Waals surface area (Å²) < 4.78 is 40.5. The SMILES string of the molecule is COc1ccc(C(=O)N/N=C\c2ccc(OS(=O)(=O)c3cccc([N+](=O)[O-])c3)c(OC)c2)cc1. The van der Waals surface area contributed by atoms with Crippen LogP contribution in [0.1, 0.15) is 15.9 Å². The summed E-state index contributed by atoms with van der Waals surface area (Å²) in [6, 6.07) is 15.2. The zero-order chi connectivity index (χ0) is 24.7. The first-order chi connectivity index (χ1) is 16.2. The Morgan fingerprint density at radius 2 is 1.74 bits per heavy atom. The van der Waals surface area contributed by atoms with Crippen LogP contribution in [0.15, 0.2) is 76.7 Å². The molecule has 0 heterocycles. The van der Waals surface area contributed by atoms with Gasteiger partial charge in [0, 0.05) is 17.7 Å². The molecule has 12 heteroatoms. The molecule has 3 aromatic rings. The number of methoxy groups -OCH3 is 2. The van der Waals surface area contributed by atoms with E-state index in [1.54, 1.807) is 24.3 Å². The van der Waals surface area contributed by atoms with Gasteiger partial charge in [-0.25, -0.2) is 5.43 Å². The number of rotatable bonds is 9. The third-order valence-electron chi connectivity index (χ3n) is 4.44. The highest BCUT2D eigenvalue weighted by Crippen LogP contribution is 2.31. The standard InChI is InChI=1S/C22H19N3O8S/c1-31-18-9-7-16(8-10-18)22(26)24-23-14-15-6-11-20(21(12-15)32-2)33-34(29,30)19-5-3-4-17(13-19)25(27)28/h3-14H,1-2H3,(H,24,26)/b23-14-. The van der Waals surface area contributed by atoms with Crippen molar-refractivity contribution in [3.8, 4) is 17.2 Å². The van der Waals surface area contributed by atoms with E-state index in [0.717, 1.165) is 6.07 Å². The minimum atomic E-state index is -4.36. The largest absolute Gasteiger partial charge is 0.497 e. The number of nitrogens with one attached hydrogen (secondary N) is 1. The van der Waals surface area contributed by atoms with Crippen LogP contribution in [0.3, 0.4) is 0 Å². The topological polar surface area (TPSA) is 146 Å². The number of nitro benzene ring substituents is 1. The first-order valence-corrected chi connectivity index (χ1v) is 11.0. The van der Waals surface area contributed by atoms with Gasteiger partial charge in [0.25, 0.3) is 11.6 Å². The van der Waals surface area contributed by atoms with Crippen LogP contribution in [0.4, 0.5) is 5.69 Å². The Morgan fingerprint density at radius 1 is 1.00 bits per heavy atom. The second-order valence-electron chi connectivity index (χ2n) is 6.63. The van der Waals surface area contributed by atoms with Crippen LogP contribution >= 0.6 is 0 Å². The fraction of sp³-hybridized carbons (Fsp3) is 0.0909. The summed E-state index contributed by atoms with van der Waals surface area (Å²) >= 11 is 0. The number of non-ortho nitro benzene ring substituents is 1. The van der Waals surface area contributed by atoms with E-state index in [0.29, 0.717) is 16.9 Å². The molecule has 1 N–H and O–H groups in total. The molecule has 0 radical (unpaired) electrons. The predicted molar refractivity (Wildman–Crippen MR) is 122 cm³/mol. The summed E-state index contributed by atoms with van der Waals surface area (Å²) in [5.41, 5.74) is 2.85. The number of hydrogen-bond acceptors (Lipinski definition) is 9. The number of amides is 1. The van der Waals surface area contributed by atoms with Gasteiger partial charge in [-0.1, -0.05) is 6.07 Å². The van der Waals surface area contributed by atoms with Crippen molar-refractivity contribution in [3.05, 3.63) is 88.0 Å². The molecule has 0 aliphatic rings. The van der Waals surface area contributed by atoms with Crippen LogP contribution in [0, 0.1) is 10.1 Å². The molecule has 0 saturated carbocycles. The lowest BCUT2D eigenvalue weighted by Gasteiger charge is -2.11. The Labute approximate surface area is 194 Å². The Kier molecular flexibility index (Phi) is 7.43. The maximum absolute atomic E-state index is 12.6. The van der Waals surface area contributed by atoms with Gasteiger partial charge in [-0.2, -0.15) is 13.5 Å². The van der Waals surface area contributed by atoms with Gasteiger partial charge in [0.1, 0.15) is 10.6 Å². The lowest BCUT2D eigenvalue weighted by atomic mass is 10.2. The Bertz CT molecular complexity index is 1340. The van der Waals surface area contributed by atoms with Crippen LogP contribution in [-0.4, -0.2) is 39.7 Å². The monoisotopic (exact) mass is 485 g/mol. The van der Waals surface area contributed by atoms with E-state index in [1.807, 2.05) is 0 Å². The van der Waals surface area contributed by atoms with Crippen molar-refractivity contribution < 1.29 is 31.8 Å². The van der Waals surface area contributed by atoms with E-state index < -0.39 is 20.9 Å². The first kappa shape index (κ1) is 24.2. The molecule has 0 aliphatic carbocycles. The average Bonchev–Trinajstić information content (AvgIpc) is 2.84. The minimum Gasteiger partial charge on any atom is -0.497 e. The molecule has 0 saturated heterocycles. The van der Waals surface area contributed by atoms with Crippen LogP contribution in [-0.2, 0) is 10.1 Å². The normalized spacial score (nSPS) is 11.1. The molecule has 0 aromatic heterocycles. The summed E-state index contributed by atoms with van der Waals surface area (Å²) in [5.74, 6) is 0.115. The zero-order valence-corrected chi connectivity index (χ0v) is 18.8. The van der Waals surface area contributed by atoms with Gasteiger partial charge in [0.2, 0.25) is 0 Å². The molecule has 0 atom stereocenters. The Morgan fingerprint density at radius 3 is 2.38 bits per heavy atom. The molecule has 176 valence electrons. The fourth-order valence-corrected chi connectivity index (χ4v) is 3.71. The van der Waals surface area contributed by atoms with Crippen molar-refractivity contribution in [1.29, 1.82) is 0 Å². The van der Waals surface area contributed by atoms with E-state index in [1.165, 1.54) is 56.8 Å². The van der Waals surface area contributed by atoms with Gasteiger partial charge >= 0.3 is 10.1 Å². The van der Waals surface area contributed by atoms with Crippen molar-refractivity contribution in [3.63, 3.8) is 0 Å². The smallest absolute Gasteiger partial charge is 0.339 e. The lowest BCUT2D eigenvalue weighted by Crippen LogP contribution is -2.17. The molecule has 3 aromatic carbocycles. The summed E-state index contributed by atoms with van der Waals surface area (Å²) in [4.78, 5) is 22.0. The van der Waals surface area contributed by atoms with E-state index in [2.05, 4.69) is 10.5 Å². The molecule has 0 fully saturated rings. The number of carbonyl (C=O) groups is 1. The molecule has 0 bridgehead atoms. The van der Waals surface area contributed by atoms with Crippen molar-refractivity contribution in [2.45, 2.75) is 4.90 Å². The van der Waals surface area contributed by atoms with Gasteiger partial charge in [-0.3, -0.25) is 14.9 Å². The second kappa shape index (κ2) is 10.4. The van der Waals surface area contributed by atoms with Gasteiger partial charge in [0.15, 0.2) is 11.5 Å². The maximum atomic E-state index is 12.6. The lowest BCUT2D eigenvalue weighted by molar-refractivity contribution is -0.385. The second-order valence-corrected chi connectivity index (χ2v) is 8.18. The number of hydrazone groups is 1. The van der Waals surface area contributed by atoms with E-state index in [9.17, 15) is 23.3 Å². The van der Waals surface area contributed by atoms with E-state index in [4.69, 9.17) is 13.7 Å². The highest BCUT2D eigenvalue weighted by atomic mass is 32.2. The summed E-state index contributed by atoms with van der Waals surface area (Å²) in [6.07, 6.45) is 1.34. The Hall–Kier alpha value is -4.45. The van der Waals surface area contributed by atoms with Crippen molar-refractivity contribution >= 4 is 27.9 Å². The van der Waals surface area contributed by atoms with Crippen LogP contribution in [0.2, 0.25) is 0 Å². The highest BCUT2D eigenvalue weighted by Gasteiger charge is 2.21. The molecule has 34 heavy (non-hydrogen) atoms. The van der Waals surface area contributed by atoms with Gasteiger partial charge < -0.3 is 13.7 Å². The van der Waals surface area contributed by atoms with Crippen molar-refractivity contribution in [2.24, 2.45) is 5.10 Å². The minimum absolute atomic E-state index is 0.0689. The molecule has 0 aliphatic heterocycles. The zero-order valence-electron chi connectivity index (χ0n) is 18.0.